The highest BCUT2D eigenvalue weighted by atomic mass is 127. The lowest BCUT2D eigenvalue weighted by molar-refractivity contribution is 0.279. The number of hydrogen-bond acceptors (Lipinski definition) is 3. The minimum absolute atomic E-state index is 0.250. The fourth-order valence-electron chi connectivity index (χ4n) is 2.44. The van der Waals surface area contributed by atoms with E-state index < -0.39 is 0 Å². The molecule has 0 aliphatic carbocycles. The maximum Gasteiger partial charge on any atom is 0.218 e. The average molecular weight is 424 g/mol. The summed E-state index contributed by atoms with van der Waals surface area (Å²) in [6.45, 7) is 6.58. The van der Waals surface area contributed by atoms with Gasteiger partial charge in [0.15, 0.2) is 0 Å². The molecule has 0 amide bonds. The molecule has 0 atom stereocenters. The zero-order valence-corrected chi connectivity index (χ0v) is 15.4. The van der Waals surface area contributed by atoms with E-state index in [2.05, 4.69) is 39.0 Å². The zero-order valence-electron chi connectivity index (χ0n) is 13.3. The van der Waals surface area contributed by atoms with Crippen molar-refractivity contribution in [3.63, 3.8) is 0 Å². The van der Waals surface area contributed by atoms with Gasteiger partial charge < -0.3 is 10.1 Å². The predicted octanol–water partition coefficient (Wildman–Crippen LogP) is 5.04. The van der Waals surface area contributed by atoms with E-state index in [1.165, 1.54) is 12.1 Å². The Morgan fingerprint density at radius 1 is 1.17 bits per heavy atom. The molecule has 0 fully saturated rings. The Morgan fingerprint density at radius 3 is 2.61 bits per heavy atom. The molecular weight excluding hydrogens is 406 g/mol. The Balaban J connectivity index is 2.00. The van der Waals surface area contributed by atoms with E-state index >= 15 is 0 Å². The van der Waals surface area contributed by atoms with Gasteiger partial charge in [0.2, 0.25) is 5.90 Å². The van der Waals surface area contributed by atoms with Crippen LogP contribution in [0.2, 0.25) is 0 Å². The van der Waals surface area contributed by atoms with Gasteiger partial charge in [-0.1, -0.05) is 0 Å². The quantitative estimate of drug-likeness (QED) is 0.701. The highest BCUT2D eigenvalue weighted by Crippen LogP contribution is 2.29. The molecule has 120 valence electrons. The molecule has 2 aromatic carbocycles. The molecule has 3 nitrogen and oxygen atoms in total. The Kier molecular flexibility index (Phi) is 4.31. The minimum atomic E-state index is -0.294. The van der Waals surface area contributed by atoms with Crippen LogP contribution in [0.15, 0.2) is 41.4 Å². The van der Waals surface area contributed by atoms with Crippen molar-refractivity contribution in [3.8, 4) is 0 Å². The van der Waals surface area contributed by atoms with Gasteiger partial charge >= 0.3 is 0 Å². The van der Waals surface area contributed by atoms with Crippen LogP contribution in [-0.4, -0.2) is 18.0 Å². The topological polar surface area (TPSA) is 33.6 Å². The number of aryl methyl sites for hydroxylation is 1. The van der Waals surface area contributed by atoms with E-state index in [9.17, 15) is 4.39 Å². The summed E-state index contributed by atoms with van der Waals surface area (Å²) in [5.74, 6) is 0.262. The number of nitrogens with zero attached hydrogens (tertiary/aromatic N) is 1. The first-order valence-corrected chi connectivity index (χ1v) is 8.48. The number of ether oxygens (including phenoxy) is 1. The number of aliphatic imine (C=N–C) groups is 1. The van der Waals surface area contributed by atoms with Gasteiger partial charge in [0, 0.05) is 9.26 Å². The summed E-state index contributed by atoms with van der Waals surface area (Å²) in [5, 5.41) is 3.31. The molecular formula is C18H18FIN2O. The van der Waals surface area contributed by atoms with Crippen molar-refractivity contribution >= 4 is 39.9 Å². The van der Waals surface area contributed by atoms with Crippen LogP contribution in [0.25, 0.3) is 0 Å². The Labute approximate surface area is 149 Å². The third-order valence-electron chi connectivity index (χ3n) is 3.64. The maximum atomic E-state index is 13.7. The molecule has 3 rings (SSSR count). The normalized spacial score (nSPS) is 16.0. The van der Waals surface area contributed by atoms with Crippen molar-refractivity contribution in [3.05, 3.63) is 56.9 Å². The monoisotopic (exact) mass is 424 g/mol. The van der Waals surface area contributed by atoms with E-state index in [0.717, 1.165) is 20.4 Å². The second kappa shape index (κ2) is 6.11. The van der Waals surface area contributed by atoms with E-state index in [-0.39, 0.29) is 11.4 Å². The number of rotatable bonds is 3. The smallest absolute Gasteiger partial charge is 0.218 e. The van der Waals surface area contributed by atoms with Crippen LogP contribution in [-0.2, 0) is 4.74 Å². The summed E-state index contributed by atoms with van der Waals surface area (Å²) in [4.78, 5) is 4.59. The van der Waals surface area contributed by atoms with Crippen LogP contribution < -0.4 is 5.32 Å². The molecule has 0 saturated carbocycles. The van der Waals surface area contributed by atoms with E-state index in [1.54, 1.807) is 6.07 Å². The molecule has 0 saturated heterocycles. The van der Waals surface area contributed by atoms with Crippen LogP contribution in [0.5, 0.6) is 0 Å². The van der Waals surface area contributed by atoms with Crippen LogP contribution in [0.1, 0.15) is 25.0 Å². The molecule has 0 spiro atoms. The summed E-state index contributed by atoms with van der Waals surface area (Å²) in [6.07, 6.45) is 0. The molecule has 0 aromatic heterocycles. The molecule has 1 heterocycles. The fraction of sp³-hybridized carbons (Fsp3) is 0.278. The highest BCUT2D eigenvalue weighted by Gasteiger charge is 2.28. The zero-order chi connectivity index (χ0) is 16.6. The lowest BCUT2D eigenvalue weighted by atomic mass is 10.1. The number of benzene rings is 2. The SMILES string of the molecule is Cc1cc(I)ccc1Nc1cc(F)ccc1C1=NC(C)(C)CO1. The molecule has 0 radical (unpaired) electrons. The van der Waals surface area contributed by atoms with Gasteiger partial charge in [-0.3, -0.25) is 0 Å². The van der Waals surface area contributed by atoms with Gasteiger partial charge in [0.1, 0.15) is 12.4 Å². The third-order valence-corrected chi connectivity index (χ3v) is 4.31. The second-order valence-electron chi connectivity index (χ2n) is 6.29. The minimum Gasteiger partial charge on any atom is -0.475 e. The van der Waals surface area contributed by atoms with Crippen molar-refractivity contribution in [1.82, 2.24) is 0 Å². The molecule has 1 aliphatic rings. The summed E-state index contributed by atoms with van der Waals surface area (Å²) in [5.41, 5.74) is 3.22. The van der Waals surface area contributed by atoms with Gasteiger partial charge in [-0.05, 0) is 85.3 Å². The molecule has 0 bridgehead atoms. The third kappa shape index (κ3) is 3.65. The maximum absolute atomic E-state index is 13.7. The molecule has 2 aromatic rings. The van der Waals surface area contributed by atoms with Gasteiger partial charge in [0.05, 0.1) is 16.8 Å². The lowest BCUT2D eigenvalue weighted by Crippen LogP contribution is -2.17. The molecule has 1 N–H and O–H groups in total. The van der Waals surface area contributed by atoms with Crippen molar-refractivity contribution in [2.45, 2.75) is 26.3 Å². The van der Waals surface area contributed by atoms with Gasteiger partial charge in [-0.25, -0.2) is 9.38 Å². The van der Waals surface area contributed by atoms with Crippen molar-refractivity contribution in [2.24, 2.45) is 4.99 Å². The van der Waals surface area contributed by atoms with Crippen molar-refractivity contribution < 1.29 is 9.13 Å². The predicted molar refractivity (Wildman–Crippen MR) is 100 cm³/mol. The molecule has 23 heavy (non-hydrogen) atoms. The standard InChI is InChI=1S/C18H18FIN2O/c1-11-8-13(20)5-7-15(11)21-16-9-12(19)4-6-14(16)17-22-18(2,3)10-23-17/h4-9,21H,10H2,1-3H3. The van der Waals surface area contributed by atoms with Crippen LogP contribution >= 0.6 is 22.6 Å². The molecule has 0 unspecified atom stereocenters. The Morgan fingerprint density at radius 2 is 1.96 bits per heavy atom. The van der Waals surface area contributed by atoms with Gasteiger partial charge in [0.25, 0.3) is 0 Å². The highest BCUT2D eigenvalue weighted by molar-refractivity contribution is 14.1. The first kappa shape index (κ1) is 16.2. The van der Waals surface area contributed by atoms with E-state index in [0.29, 0.717) is 18.2 Å². The summed E-state index contributed by atoms with van der Waals surface area (Å²) < 4.78 is 20.6. The number of anilines is 2. The second-order valence-corrected chi connectivity index (χ2v) is 7.54. The fourth-order valence-corrected chi connectivity index (χ4v) is 3.09. The van der Waals surface area contributed by atoms with Crippen molar-refractivity contribution in [2.75, 3.05) is 11.9 Å². The van der Waals surface area contributed by atoms with Crippen LogP contribution in [0.3, 0.4) is 0 Å². The number of hydrogen-bond donors (Lipinski definition) is 1. The van der Waals surface area contributed by atoms with Crippen LogP contribution in [0.4, 0.5) is 15.8 Å². The van der Waals surface area contributed by atoms with Gasteiger partial charge in [-0.15, -0.1) is 0 Å². The lowest BCUT2D eigenvalue weighted by Gasteiger charge is -2.14. The molecule has 5 heteroatoms. The first-order chi connectivity index (χ1) is 10.8. The van der Waals surface area contributed by atoms with Crippen molar-refractivity contribution in [1.29, 1.82) is 0 Å². The first-order valence-electron chi connectivity index (χ1n) is 7.40. The summed E-state index contributed by atoms with van der Waals surface area (Å²) >= 11 is 2.27. The largest absolute Gasteiger partial charge is 0.475 e. The summed E-state index contributed by atoms with van der Waals surface area (Å²) in [7, 11) is 0. The van der Waals surface area contributed by atoms with E-state index in [4.69, 9.17) is 4.74 Å². The van der Waals surface area contributed by atoms with Crippen LogP contribution in [0, 0.1) is 16.3 Å². The summed E-state index contributed by atoms with van der Waals surface area (Å²) in [6, 6.07) is 10.7. The number of halogens is 2. The Bertz CT molecular complexity index is 787. The Hall–Kier alpha value is -1.63. The number of nitrogens with one attached hydrogen (secondary N) is 1. The van der Waals surface area contributed by atoms with E-state index in [1.807, 2.05) is 32.9 Å². The molecule has 1 aliphatic heterocycles. The average Bonchev–Trinajstić information content (AvgIpc) is 2.82. The van der Waals surface area contributed by atoms with Gasteiger partial charge in [-0.2, -0.15) is 0 Å².